The minimum atomic E-state index is 0.417. The van der Waals surface area contributed by atoms with Crippen molar-refractivity contribution in [2.24, 2.45) is 16.5 Å². The number of aliphatic imine (C=N–C) groups is 1. The molecule has 0 amide bonds. The first-order valence-corrected chi connectivity index (χ1v) is 4.59. The Bertz CT molecular complexity index is 399. The van der Waals surface area contributed by atoms with Gasteiger partial charge in [-0.25, -0.2) is 0 Å². The van der Waals surface area contributed by atoms with Crippen LogP contribution < -0.4 is 11.5 Å². The first-order chi connectivity index (χ1) is 7.17. The summed E-state index contributed by atoms with van der Waals surface area (Å²) in [4.78, 5) is 3.81. The summed E-state index contributed by atoms with van der Waals surface area (Å²) in [6.07, 6.45) is 3.43. The van der Waals surface area contributed by atoms with Crippen molar-refractivity contribution in [2.45, 2.75) is 0 Å². The Morgan fingerprint density at radius 1 is 1.27 bits per heavy atom. The summed E-state index contributed by atoms with van der Waals surface area (Å²) in [5.41, 5.74) is 14.0. The van der Waals surface area contributed by atoms with E-state index in [0.29, 0.717) is 11.5 Å². The topological polar surface area (TPSA) is 64.4 Å². The molecule has 15 heavy (non-hydrogen) atoms. The summed E-state index contributed by atoms with van der Waals surface area (Å²) in [7, 11) is 1.62. The second kappa shape index (κ2) is 5.00. The van der Waals surface area contributed by atoms with Crippen LogP contribution in [0.1, 0.15) is 11.1 Å². The van der Waals surface area contributed by atoms with Crippen LogP contribution >= 0.6 is 0 Å². The molecule has 0 heterocycles. The van der Waals surface area contributed by atoms with Gasteiger partial charge in [-0.15, -0.1) is 0 Å². The molecular formula is C12H15N3. The fourth-order valence-electron chi connectivity index (χ4n) is 1.12. The average Bonchev–Trinajstić information content (AvgIpc) is 2.29. The highest BCUT2D eigenvalue weighted by Gasteiger charge is 1.96. The SMILES string of the molecule is C=Cc1ccc(/C(N)=C/C(N)=NC)cc1. The highest BCUT2D eigenvalue weighted by molar-refractivity contribution is 5.97. The largest absolute Gasteiger partial charge is 0.398 e. The molecule has 1 rings (SSSR count). The fourth-order valence-corrected chi connectivity index (χ4v) is 1.12. The molecule has 0 aliphatic heterocycles. The predicted octanol–water partition coefficient (Wildman–Crippen LogP) is 1.62. The van der Waals surface area contributed by atoms with Crippen molar-refractivity contribution in [1.29, 1.82) is 0 Å². The van der Waals surface area contributed by atoms with E-state index in [1.165, 1.54) is 0 Å². The number of nitrogens with zero attached hydrogens (tertiary/aromatic N) is 1. The van der Waals surface area contributed by atoms with E-state index in [4.69, 9.17) is 11.5 Å². The lowest BCUT2D eigenvalue weighted by Crippen LogP contribution is -2.10. The molecule has 1 aromatic rings. The maximum absolute atomic E-state index is 5.84. The number of hydrogen-bond donors (Lipinski definition) is 2. The van der Waals surface area contributed by atoms with E-state index in [-0.39, 0.29) is 0 Å². The Balaban J connectivity index is 2.96. The molecule has 0 atom stereocenters. The summed E-state index contributed by atoms with van der Waals surface area (Å²) in [6.45, 7) is 3.68. The molecule has 0 unspecified atom stereocenters. The van der Waals surface area contributed by atoms with Gasteiger partial charge in [-0.3, -0.25) is 4.99 Å². The Hall–Kier alpha value is -2.03. The number of amidine groups is 1. The summed E-state index contributed by atoms with van der Waals surface area (Å²) in [5, 5.41) is 0. The number of rotatable bonds is 3. The third-order valence-electron chi connectivity index (χ3n) is 2.04. The van der Waals surface area contributed by atoms with E-state index in [1.54, 1.807) is 19.2 Å². The molecule has 0 bridgehead atoms. The molecule has 0 saturated heterocycles. The maximum atomic E-state index is 5.84. The smallest absolute Gasteiger partial charge is 0.119 e. The minimum absolute atomic E-state index is 0.417. The predicted molar refractivity (Wildman–Crippen MR) is 66.2 cm³/mol. The highest BCUT2D eigenvalue weighted by Crippen LogP contribution is 2.11. The average molecular weight is 201 g/mol. The molecule has 0 saturated carbocycles. The standard InChI is InChI=1S/C12H15N3/c1-3-9-4-6-10(7-5-9)11(13)8-12(14)15-2/h3-8H,1,13H2,2H3,(H2,14,15)/b11-8-. The third kappa shape index (κ3) is 2.98. The van der Waals surface area contributed by atoms with Crippen molar-refractivity contribution >= 4 is 17.6 Å². The Morgan fingerprint density at radius 3 is 2.33 bits per heavy atom. The molecule has 0 radical (unpaired) electrons. The minimum Gasteiger partial charge on any atom is -0.398 e. The van der Waals surface area contributed by atoms with Crippen LogP contribution in [0.2, 0.25) is 0 Å². The van der Waals surface area contributed by atoms with Crippen LogP contribution in [0.15, 0.2) is 41.9 Å². The zero-order valence-electron chi connectivity index (χ0n) is 8.77. The van der Waals surface area contributed by atoms with E-state index in [9.17, 15) is 0 Å². The van der Waals surface area contributed by atoms with Crippen LogP contribution in [-0.4, -0.2) is 12.9 Å². The summed E-state index contributed by atoms with van der Waals surface area (Å²) in [5.74, 6) is 0.417. The molecule has 0 aliphatic carbocycles. The lowest BCUT2D eigenvalue weighted by molar-refractivity contribution is 1.41. The molecule has 0 aliphatic rings. The second-order valence-electron chi connectivity index (χ2n) is 3.07. The van der Waals surface area contributed by atoms with Gasteiger partial charge in [-0.2, -0.15) is 0 Å². The fraction of sp³-hybridized carbons (Fsp3) is 0.0833. The van der Waals surface area contributed by atoms with E-state index >= 15 is 0 Å². The molecule has 0 aromatic heterocycles. The van der Waals surface area contributed by atoms with Gasteiger partial charge in [0.1, 0.15) is 5.84 Å². The van der Waals surface area contributed by atoms with Gasteiger partial charge >= 0.3 is 0 Å². The van der Waals surface area contributed by atoms with Crippen molar-refractivity contribution in [1.82, 2.24) is 0 Å². The molecule has 1 aromatic carbocycles. The maximum Gasteiger partial charge on any atom is 0.119 e. The first-order valence-electron chi connectivity index (χ1n) is 4.59. The molecule has 3 heteroatoms. The molecule has 0 fully saturated rings. The lowest BCUT2D eigenvalue weighted by Gasteiger charge is -2.02. The van der Waals surface area contributed by atoms with E-state index in [0.717, 1.165) is 11.1 Å². The quantitative estimate of drug-likeness (QED) is 0.576. The zero-order valence-corrected chi connectivity index (χ0v) is 8.77. The Morgan fingerprint density at radius 2 is 1.87 bits per heavy atom. The van der Waals surface area contributed by atoms with Crippen LogP contribution in [0.4, 0.5) is 0 Å². The zero-order chi connectivity index (χ0) is 11.3. The molecule has 78 valence electrons. The van der Waals surface area contributed by atoms with E-state index < -0.39 is 0 Å². The normalized spacial score (nSPS) is 12.6. The van der Waals surface area contributed by atoms with Crippen LogP contribution in [0.5, 0.6) is 0 Å². The lowest BCUT2D eigenvalue weighted by atomic mass is 10.1. The van der Waals surface area contributed by atoms with E-state index in [2.05, 4.69) is 11.6 Å². The van der Waals surface area contributed by atoms with E-state index in [1.807, 2.05) is 24.3 Å². The summed E-state index contributed by atoms with van der Waals surface area (Å²) < 4.78 is 0. The summed E-state index contributed by atoms with van der Waals surface area (Å²) >= 11 is 0. The highest BCUT2D eigenvalue weighted by atomic mass is 14.8. The summed E-state index contributed by atoms with van der Waals surface area (Å²) in [6, 6.07) is 7.74. The Labute approximate surface area is 89.8 Å². The molecule has 0 spiro atoms. The second-order valence-corrected chi connectivity index (χ2v) is 3.07. The van der Waals surface area contributed by atoms with Gasteiger partial charge in [0.25, 0.3) is 0 Å². The Kier molecular flexibility index (Phi) is 3.68. The molecule has 3 nitrogen and oxygen atoms in total. The van der Waals surface area contributed by atoms with Gasteiger partial charge in [-0.05, 0) is 11.1 Å². The molecular weight excluding hydrogens is 186 g/mol. The van der Waals surface area contributed by atoms with Crippen molar-refractivity contribution in [3.05, 3.63) is 48.0 Å². The first kappa shape index (κ1) is 11.0. The van der Waals surface area contributed by atoms with Crippen LogP contribution in [0.25, 0.3) is 11.8 Å². The van der Waals surface area contributed by atoms with Gasteiger partial charge in [0.2, 0.25) is 0 Å². The number of nitrogens with two attached hydrogens (primary N) is 2. The van der Waals surface area contributed by atoms with Gasteiger partial charge in [0.05, 0.1) is 0 Å². The number of hydrogen-bond acceptors (Lipinski definition) is 2. The van der Waals surface area contributed by atoms with Gasteiger partial charge < -0.3 is 11.5 Å². The molecule has 4 N–H and O–H groups in total. The van der Waals surface area contributed by atoms with Crippen molar-refractivity contribution in [3.63, 3.8) is 0 Å². The van der Waals surface area contributed by atoms with Crippen LogP contribution in [0.3, 0.4) is 0 Å². The van der Waals surface area contributed by atoms with Gasteiger partial charge in [0.15, 0.2) is 0 Å². The van der Waals surface area contributed by atoms with Gasteiger partial charge in [-0.1, -0.05) is 36.9 Å². The van der Waals surface area contributed by atoms with Crippen molar-refractivity contribution in [3.8, 4) is 0 Å². The van der Waals surface area contributed by atoms with Crippen LogP contribution in [-0.2, 0) is 0 Å². The van der Waals surface area contributed by atoms with Gasteiger partial charge in [0, 0.05) is 18.8 Å². The third-order valence-corrected chi connectivity index (χ3v) is 2.04. The number of benzene rings is 1. The van der Waals surface area contributed by atoms with Crippen molar-refractivity contribution in [2.75, 3.05) is 7.05 Å². The van der Waals surface area contributed by atoms with Crippen LogP contribution in [0, 0.1) is 0 Å². The van der Waals surface area contributed by atoms with Crippen molar-refractivity contribution < 1.29 is 0 Å². The monoisotopic (exact) mass is 201 g/mol.